The molecule has 6 heteroatoms. The average Bonchev–Trinajstić information content (AvgIpc) is 2.24. The van der Waals surface area contributed by atoms with Crippen LogP contribution in [0.5, 0.6) is 0 Å². The van der Waals surface area contributed by atoms with E-state index in [0.29, 0.717) is 12.6 Å². The van der Waals surface area contributed by atoms with Crippen molar-refractivity contribution in [2.45, 2.75) is 26.1 Å². The lowest BCUT2D eigenvalue weighted by molar-refractivity contribution is -0.137. The summed E-state index contributed by atoms with van der Waals surface area (Å²) in [6.45, 7) is 2.47. The molecule has 0 fully saturated rings. The van der Waals surface area contributed by atoms with Crippen LogP contribution in [0.25, 0.3) is 0 Å². The van der Waals surface area contributed by atoms with Gasteiger partial charge in [0.25, 0.3) is 6.43 Å². The zero-order chi connectivity index (χ0) is 13.1. The molecule has 1 aromatic carbocycles. The molecule has 1 rings (SSSR count). The third-order valence-electron chi connectivity index (χ3n) is 2.17. The average molecular weight is 253 g/mol. The van der Waals surface area contributed by atoms with Crippen LogP contribution in [0, 0.1) is 0 Å². The molecule has 1 N–H and O–H groups in total. The van der Waals surface area contributed by atoms with E-state index in [4.69, 9.17) is 0 Å². The molecular formula is C11H12F5N. The SMILES string of the molecule is CCNCc1cc(C(F)F)cc(C(F)(F)F)c1. The molecule has 17 heavy (non-hydrogen) atoms. The molecule has 1 aromatic rings. The van der Waals surface area contributed by atoms with Gasteiger partial charge in [0.15, 0.2) is 0 Å². The largest absolute Gasteiger partial charge is 0.416 e. The van der Waals surface area contributed by atoms with Gasteiger partial charge in [-0.05, 0) is 30.3 Å². The highest BCUT2D eigenvalue weighted by Crippen LogP contribution is 2.33. The van der Waals surface area contributed by atoms with Gasteiger partial charge in [-0.3, -0.25) is 0 Å². The summed E-state index contributed by atoms with van der Waals surface area (Å²) in [5.74, 6) is 0. The van der Waals surface area contributed by atoms with Gasteiger partial charge in [0, 0.05) is 12.1 Å². The Kier molecular flexibility index (Phi) is 4.45. The molecule has 0 saturated heterocycles. The number of alkyl halides is 5. The van der Waals surface area contributed by atoms with Crippen LogP contribution >= 0.6 is 0 Å². The van der Waals surface area contributed by atoms with Gasteiger partial charge in [-0.15, -0.1) is 0 Å². The first-order valence-electron chi connectivity index (χ1n) is 5.04. The Morgan fingerprint density at radius 1 is 1.18 bits per heavy atom. The lowest BCUT2D eigenvalue weighted by atomic mass is 10.1. The summed E-state index contributed by atoms with van der Waals surface area (Å²) in [6.07, 6.45) is -7.51. The first-order valence-corrected chi connectivity index (χ1v) is 5.04. The molecule has 0 saturated carbocycles. The predicted molar refractivity (Wildman–Crippen MR) is 53.8 cm³/mol. The van der Waals surface area contributed by atoms with E-state index in [-0.39, 0.29) is 12.1 Å². The third-order valence-corrected chi connectivity index (χ3v) is 2.17. The minimum Gasteiger partial charge on any atom is -0.313 e. The van der Waals surface area contributed by atoms with Crippen molar-refractivity contribution in [2.24, 2.45) is 0 Å². The van der Waals surface area contributed by atoms with Gasteiger partial charge < -0.3 is 5.32 Å². The van der Waals surface area contributed by atoms with E-state index in [1.165, 1.54) is 0 Å². The van der Waals surface area contributed by atoms with Crippen LogP contribution in [0.1, 0.15) is 30.0 Å². The number of hydrogen-bond donors (Lipinski definition) is 1. The molecule has 0 atom stereocenters. The Hall–Kier alpha value is -1.17. The molecule has 0 aliphatic heterocycles. The maximum atomic E-state index is 12.5. The fourth-order valence-corrected chi connectivity index (χ4v) is 1.38. The number of halogens is 5. The van der Waals surface area contributed by atoms with E-state index in [2.05, 4.69) is 5.32 Å². The van der Waals surface area contributed by atoms with E-state index in [9.17, 15) is 22.0 Å². The molecular weight excluding hydrogens is 241 g/mol. The summed E-state index contributed by atoms with van der Waals surface area (Å²) in [5.41, 5.74) is -1.44. The molecule has 0 heterocycles. The van der Waals surface area contributed by atoms with Crippen LogP contribution in [0.3, 0.4) is 0 Å². The Bertz CT molecular complexity index is 373. The van der Waals surface area contributed by atoms with E-state index >= 15 is 0 Å². The van der Waals surface area contributed by atoms with Crippen molar-refractivity contribution >= 4 is 0 Å². The Morgan fingerprint density at radius 3 is 2.29 bits per heavy atom. The predicted octanol–water partition coefficient (Wildman–Crippen LogP) is 3.75. The maximum Gasteiger partial charge on any atom is 0.416 e. The minimum absolute atomic E-state index is 0.139. The molecule has 0 unspecified atom stereocenters. The lowest BCUT2D eigenvalue weighted by Crippen LogP contribution is -2.14. The smallest absolute Gasteiger partial charge is 0.313 e. The third kappa shape index (κ3) is 3.96. The van der Waals surface area contributed by atoms with E-state index < -0.39 is 23.7 Å². The summed E-state index contributed by atoms with van der Waals surface area (Å²) >= 11 is 0. The highest BCUT2D eigenvalue weighted by Gasteiger charge is 2.31. The Morgan fingerprint density at radius 2 is 1.82 bits per heavy atom. The van der Waals surface area contributed by atoms with Crippen molar-refractivity contribution in [3.63, 3.8) is 0 Å². The first kappa shape index (κ1) is 13.9. The van der Waals surface area contributed by atoms with Crippen molar-refractivity contribution in [2.75, 3.05) is 6.54 Å². The van der Waals surface area contributed by atoms with Crippen LogP contribution in [0.15, 0.2) is 18.2 Å². The van der Waals surface area contributed by atoms with Crippen molar-refractivity contribution in [3.8, 4) is 0 Å². The van der Waals surface area contributed by atoms with Crippen molar-refractivity contribution in [1.82, 2.24) is 5.32 Å². The molecule has 0 aromatic heterocycles. The molecule has 0 aliphatic carbocycles. The summed E-state index contributed by atoms with van der Waals surface area (Å²) in [6, 6.07) is 2.46. The maximum absolute atomic E-state index is 12.5. The normalized spacial score (nSPS) is 12.2. The van der Waals surface area contributed by atoms with Crippen molar-refractivity contribution < 1.29 is 22.0 Å². The van der Waals surface area contributed by atoms with E-state index in [1.54, 1.807) is 6.92 Å². The second kappa shape index (κ2) is 5.44. The number of hydrogen-bond acceptors (Lipinski definition) is 1. The lowest BCUT2D eigenvalue weighted by Gasteiger charge is -2.12. The monoisotopic (exact) mass is 253 g/mol. The van der Waals surface area contributed by atoms with Crippen LogP contribution in [-0.2, 0) is 12.7 Å². The van der Waals surface area contributed by atoms with Gasteiger partial charge in [0.2, 0.25) is 0 Å². The fourth-order valence-electron chi connectivity index (χ4n) is 1.38. The first-order chi connectivity index (χ1) is 7.84. The molecule has 0 bridgehead atoms. The summed E-state index contributed by atoms with van der Waals surface area (Å²) in [7, 11) is 0. The zero-order valence-electron chi connectivity index (χ0n) is 9.11. The van der Waals surface area contributed by atoms with Crippen LogP contribution in [0.2, 0.25) is 0 Å². The van der Waals surface area contributed by atoms with Gasteiger partial charge in [-0.25, -0.2) is 8.78 Å². The van der Waals surface area contributed by atoms with Gasteiger partial charge in [0.1, 0.15) is 0 Å². The Labute approximate surface area is 95.6 Å². The van der Waals surface area contributed by atoms with Crippen LogP contribution in [-0.4, -0.2) is 6.54 Å². The van der Waals surface area contributed by atoms with E-state index in [1.807, 2.05) is 0 Å². The topological polar surface area (TPSA) is 12.0 Å². The van der Waals surface area contributed by atoms with Gasteiger partial charge in [-0.2, -0.15) is 13.2 Å². The molecule has 0 radical (unpaired) electrons. The minimum atomic E-state index is -4.61. The van der Waals surface area contributed by atoms with E-state index in [0.717, 1.165) is 12.1 Å². The van der Waals surface area contributed by atoms with Crippen LogP contribution in [0.4, 0.5) is 22.0 Å². The fraction of sp³-hybridized carbons (Fsp3) is 0.455. The second-order valence-corrected chi connectivity index (χ2v) is 3.54. The molecule has 1 nitrogen and oxygen atoms in total. The molecule has 96 valence electrons. The molecule has 0 amide bonds. The number of rotatable bonds is 4. The van der Waals surface area contributed by atoms with Gasteiger partial charge in [-0.1, -0.05) is 6.92 Å². The summed E-state index contributed by atoms with van der Waals surface area (Å²) < 4.78 is 62.3. The quantitative estimate of drug-likeness (QED) is 0.806. The van der Waals surface area contributed by atoms with Gasteiger partial charge >= 0.3 is 6.18 Å². The zero-order valence-corrected chi connectivity index (χ0v) is 9.11. The molecule has 0 aliphatic rings. The van der Waals surface area contributed by atoms with Gasteiger partial charge in [0.05, 0.1) is 5.56 Å². The highest BCUT2D eigenvalue weighted by molar-refractivity contribution is 5.32. The summed E-state index contributed by atoms with van der Waals surface area (Å²) in [4.78, 5) is 0. The highest BCUT2D eigenvalue weighted by atomic mass is 19.4. The van der Waals surface area contributed by atoms with Crippen LogP contribution < -0.4 is 5.32 Å². The summed E-state index contributed by atoms with van der Waals surface area (Å²) in [5, 5.41) is 2.80. The van der Waals surface area contributed by atoms with Crippen molar-refractivity contribution in [1.29, 1.82) is 0 Å². The number of benzene rings is 1. The second-order valence-electron chi connectivity index (χ2n) is 3.54. The van der Waals surface area contributed by atoms with Crippen molar-refractivity contribution in [3.05, 3.63) is 34.9 Å². The Balaban J connectivity index is 3.10. The standard InChI is InChI=1S/C11H12F5N/c1-2-17-6-7-3-8(10(12)13)5-9(4-7)11(14,15)16/h3-5,10,17H,2,6H2,1H3. The molecule has 0 spiro atoms. The number of nitrogens with one attached hydrogen (secondary N) is 1.